The van der Waals surface area contributed by atoms with E-state index in [-0.39, 0.29) is 12.0 Å². The van der Waals surface area contributed by atoms with Crippen LogP contribution in [0, 0.1) is 36.0 Å². The first-order valence-corrected chi connectivity index (χ1v) is 6.23. The Labute approximate surface area is 99.4 Å². The summed E-state index contributed by atoms with van der Waals surface area (Å²) in [5.41, 5.74) is 0. The van der Waals surface area contributed by atoms with Gasteiger partial charge in [0.15, 0.2) is 0 Å². The highest BCUT2D eigenvalue weighted by molar-refractivity contribution is 5.03. The minimum Gasteiger partial charge on any atom is -0.392 e. The van der Waals surface area contributed by atoms with Gasteiger partial charge in [0.05, 0.1) is 12.2 Å². The summed E-state index contributed by atoms with van der Waals surface area (Å²) >= 11 is 0. The second kappa shape index (κ2) is 5.70. The summed E-state index contributed by atoms with van der Waals surface area (Å²) in [6, 6.07) is 0. The quantitative estimate of drug-likeness (QED) is 0.702. The van der Waals surface area contributed by atoms with Crippen molar-refractivity contribution in [3.63, 3.8) is 0 Å². The fourth-order valence-electron chi connectivity index (χ4n) is 2.73. The fourth-order valence-corrected chi connectivity index (χ4v) is 2.73. The van der Waals surface area contributed by atoms with Crippen molar-refractivity contribution in [2.75, 3.05) is 7.11 Å². The van der Waals surface area contributed by atoms with Crippen molar-refractivity contribution >= 4 is 0 Å². The molecule has 0 aliphatic heterocycles. The molecule has 1 fully saturated rings. The normalized spacial score (nSPS) is 31.2. The molecule has 0 aromatic carbocycles. The summed E-state index contributed by atoms with van der Waals surface area (Å²) < 4.78 is 5.46. The van der Waals surface area contributed by atoms with Crippen LogP contribution in [-0.4, -0.2) is 24.4 Å². The monoisotopic (exact) mass is 224 g/mol. The van der Waals surface area contributed by atoms with Gasteiger partial charge in [0.25, 0.3) is 0 Å². The molecule has 1 rings (SSSR count). The van der Waals surface area contributed by atoms with Crippen LogP contribution in [-0.2, 0) is 4.74 Å². The number of aliphatic hydroxyl groups is 1. The molecule has 0 radical (unpaired) electrons. The van der Waals surface area contributed by atoms with E-state index >= 15 is 0 Å². The van der Waals surface area contributed by atoms with Gasteiger partial charge in [-0.15, -0.1) is 12.3 Å². The molecular weight excluding hydrogens is 200 g/mol. The third kappa shape index (κ3) is 2.78. The zero-order valence-corrected chi connectivity index (χ0v) is 10.8. The maximum Gasteiger partial charge on any atom is 0.0705 e. The lowest BCUT2D eigenvalue weighted by atomic mass is 9.92. The molecule has 0 bridgehead atoms. The highest BCUT2D eigenvalue weighted by Crippen LogP contribution is 2.49. The average Bonchev–Trinajstić information content (AvgIpc) is 3.08. The van der Waals surface area contributed by atoms with E-state index in [0.29, 0.717) is 23.9 Å². The van der Waals surface area contributed by atoms with Gasteiger partial charge in [-0.05, 0) is 37.5 Å². The van der Waals surface area contributed by atoms with E-state index in [1.165, 1.54) is 0 Å². The van der Waals surface area contributed by atoms with Crippen LogP contribution in [0.1, 0.15) is 33.6 Å². The Kier molecular flexibility index (Phi) is 4.83. The molecule has 2 heteroatoms. The molecule has 0 amide bonds. The number of ether oxygens (including phenoxy) is 1. The number of terminal acetylenes is 1. The van der Waals surface area contributed by atoms with Crippen LogP contribution in [0.2, 0.25) is 0 Å². The van der Waals surface area contributed by atoms with Gasteiger partial charge in [-0.25, -0.2) is 0 Å². The average molecular weight is 224 g/mol. The summed E-state index contributed by atoms with van der Waals surface area (Å²) in [5, 5.41) is 10.0. The topological polar surface area (TPSA) is 29.5 Å². The van der Waals surface area contributed by atoms with Gasteiger partial charge in [-0.1, -0.05) is 13.8 Å². The van der Waals surface area contributed by atoms with Crippen LogP contribution < -0.4 is 0 Å². The Bertz CT molecular complexity index is 252. The highest BCUT2D eigenvalue weighted by atomic mass is 16.5. The molecule has 0 spiro atoms. The van der Waals surface area contributed by atoms with Crippen molar-refractivity contribution in [1.82, 2.24) is 0 Å². The van der Waals surface area contributed by atoms with E-state index in [4.69, 9.17) is 11.2 Å². The lowest BCUT2D eigenvalue weighted by molar-refractivity contribution is 0.0369. The largest absolute Gasteiger partial charge is 0.392 e. The van der Waals surface area contributed by atoms with E-state index in [0.717, 1.165) is 12.8 Å². The van der Waals surface area contributed by atoms with Crippen LogP contribution in [0.25, 0.3) is 0 Å². The van der Waals surface area contributed by atoms with Crippen molar-refractivity contribution in [2.24, 2.45) is 23.7 Å². The Hall–Kier alpha value is -0.520. The van der Waals surface area contributed by atoms with Crippen LogP contribution in [0.5, 0.6) is 0 Å². The zero-order valence-electron chi connectivity index (χ0n) is 10.8. The smallest absolute Gasteiger partial charge is 0.0705 e. The minimum atomic E-state index is -0.341. The van der Waals surface area contributed by atoms with Gasteiger partial charge in [-0.3, -0.25) is 0 Å². The molecule has 6 atom stereocenters. The van der Waals surface area contributed by atoms with Crippen LogP contribution in [0.15, 0.2) is 0 Å². The second-order valence-electron chi connectivity index (χ2n) is 5.05. The van der Waals surface area contributed by atoms with Crippen molar-refractivity contribution in [3.8, 4) is 12.3 Å². The first-order chi connectivity index (χ1) is 7.56. The number of hydrogen-bond acceptors (Lipinski definition) is 2. The molecule has 1 aliphatic rings. The van der Waals surface area contributed by atoms with Gasteiger partial charge in [0.2, 0.25) is 0 Å². The molecule has 0 saturated heterocycles. The minimum absolute atomic E-state index is 0.0372. The Morgan fingerprint density at radius 2 is 2.06 bits per heavy atom. The van der Waals surface area contributed by atoms with Gasteiger partial charge < -0.3 is 9.84 Å². The number of rotatable bonds is 6. The predicted molar refractivity (Wildman–Crippen MR) is 65.9 cm³/mol. The number of aliphatic hydroxyl groups excluding tert-OH is 1. The molecule has 0 aromatic rings. The van der Waals surface area contributed by atoms with Gasteiger partial charge in [0.1, 0.15) is 0 Å². The predicted octanol–water partition coefficient (Wildman–Crippen LogP) is 2.31. The highest BCUT2D eigenvalue weighted by Gasteiger charge is 2.48. The van der Waals surface area contributed by atoms with E-state index < -0.39 is 0 Å². The van der Waals surface area contributed by atoms with E-state index in [1.807, 2.05) is 6.92 Å². The lowest BCUT2D eigenvalue weighted by Crippen LogP contribution is -2.25. The van der Waals surface area contributed by atoms with E-state index in [9.17, 15) is 5.11 Å². The van der Waals surface area contributed by atoms with Crippen molar-refractivity contribution in [2.45, 2.75) is 45.8 Å². The summed E-state index contributed by atoms with van der Waals surface area (Å²) in [5.74, 6) is 4.06. The summed E-state index contributed by atoms with van der Waals surface area (Å²) in [4.78, 5) is 0. The number of methoxy groups -OCH3 is 1. The van der Waals surface area contributed by atoms with E-state index in [1.54, 1.807) is 7.11 Å². The fraction of sp³-hybridized carbons (Fsp3) is 0.857. The Morgan fingerprint density at radius 1 is 1.44 bits per heavy atom. The standard InChI is InChI=1S/C14H24O2/c1-6-9(3)14(15)12-8-11(12)10(4)13(7-2)16-5/h1,9-15H,7-8H2,2-5H3/t9-,10+,11+,12+,13+,14-/m1/s1. The Morgan fingerprint density at radius 3 is 2.50 bits per heavy atom. The lowest BCUT2D eigenvalue weighted by Gasteiger charge is -2.22. The van der Waals surface area contributed by atoms with E-state index in [2.05, 4.69) is 19.8 Å². The molecule has 92 valence electrons. The molecule has 2 nitrogen and oxygen atoms in total. The SMILES string of the molecule is C#C[C@@H](C)[C@@H](O)[C@H]1C[C@H]1[C@H](C)[C@H](CC)OC. The molecule has 0 heterocycles. The molecule has 1 saturated carbocycles. The molecular formula is C14H24O2. The van der Waals surface area contributed by atoms with Crippen molar-refractivity contribution in [1.29, 1.82) is 0 Å². The maximum atomic E-state index is 10.0. The molecule has 16 heavy (non-hydrogen) atoms. The van der Waals surface area contributed by atoms with Crippen molar-refractivity contribution < 1.29 is 9.84 Å². The van der Waals surface area contributed by atoms with Gasteiger partial charge in [0, 0.05) is 13.0 Å². The molecule has 1 N–H and O–H groups in total. The Balaban J connectivity index is 2.47. The summed E-state index contributed by atoms with van der Waals surface area (Å²) in [7, 11) is 1.77. The third-order valence-electron chi connectivity index (χ3n) is 4.07. The molecule has 0 aromatic heterocycles. The second-order valence-corrected chi connectivity index (χ2v) is 5.05. The molecule has 1 aliphatic carbocycles. The third-order valence-corrected chi connectivity index (χ3v) is 4.07. The molecule has 0 unspecified atom stereocenters. The number of hydrogen-bond donors (Lipinski definition) is 1. The van der Waals surface area contributed by atoms with Gasteiger partial charge >= 0.3 is 0 Å². The first kappa shape index (κ1) is 13.5. The summed E-state index contributed by atoms with van der Waals surface area (Å²) in [6.07, 6.45) is 7.43. The van der Waals surface area contributed by atoms with Crippen LogP contribution in [0.4, 0.5) is 0 Å². The maximum absolute atomic E-state index is 10.0. The van der Waals surface area contributed by atoms with Gasteiger partial charge in [-0.2, -0.15) is 0 Å². The van der Waals surface area contributed by atoms with Crippen molar-refractivity contribution in [3.05, 3.63) is 0 Å². The van der Waals surface area contributed by atoms with Crippen LogP contribution >= 0.6 is 0 Å². The van der Waals surface area contributed by atoms with Crippen LogP contribution in [0.3, 0.4) is 0 Å². The zero-order chi connectivity index (χ0) is 12.3. The first-order valence-electron chi connectivity index (χ1n) is 6.23. The summed E-state index contributed by atoms with van der Waals surface area (Å²) in [6.45, 7) is 6.27.